The Hall–Kier alpha value is -11.4. The summed E-state index contributed by atoms with van der Waals surface area (Å²) < 4.78 is 9.14. The lowest BCUT2D eigenvalue weighted by Crippen LogP contribution is -2.05. The first-order chi connectivity index (χ1) is 39.6. The molecule has 0 fully saturated rings. The van der Waals surface area contributed by atoms with Gasteiger partial charge in [0.1, 0.15) is 12.1 Å². The third-order valence-electron chi connectivity index (χ3n) is 15.9. The zero-order valence-corrected chi connectivity index (χ0v) is 42.7. The van der Waals surface area contributed by atoms with E-state index >= 15 is 0 Å². The number of hydrogen-bond acceptors (Lipinski definition) is 5. The Labute approximate surface area is 457 Å². The highest BCUT2D eigenvalue weighted by Crippen LogP contribution is 2.45. The van der Waals surface area contributed by atoms with Gasteiger partial charge in [-0.05, 0) is 103 Å². The zero-order chi connectivity index (χ0) is 53.0. The molecule has 9 heteroatoms. The van der Waals surface area contributed by atoms with Crippen molar-refractivity contribution < 1.29 is 0 Å². The van der Waals surface area contributed by atoms with E-state index in [1.807, 2.05) is 66.7 Å². The van der Waals surface area contributed by atoms with Crippen molar-refractivity contribution in [2.45, 2.75) is 0 Å². The number of nitrogens with zero attached hydrogens (tertiary/aromatic N) is 9. The number of para-hydroxylation sites is 8. The van der Waals surface area contributed by atoms with Crippen LogP contribution < -0.4 is 0 Å². The van der Waals surface area contributed by atoms with E-state index in [0.29, 0.717) is 45.3 Å². The van der Waals surface area contributed by atoms with Gasteiger partial charge >= 0.3 is 0 Å². The predicted octanol–water partition coefficient (Wildman–Crippen LogP) is 17.0. The fourth-order valence-corrected chi connectivity index (χ4v) is 12.6. The molecule has 0 unspecified atom stereocenters. The van der Waals surface area contributed by atoms with Gasteiger partial charge in [0, 0.05) is 83.5 Å². The van der Waals surface area contributed by atoms with Gasteiger partial charge in [-0.25, -0.2) is 9.97 Å². The Morgan fingerprint density at radius 2 is 0.700 bits per heavy atom. The number of rotatable bonds is 7. The summed E-state index contributed by atoms with van der Waals surface area (Å²) >= 11 is 0. The molecule has 16 rings (SSSR count). The van der Waals surface area contributed by atoms with Crippen molar-refractivity contribution in [3.8, 4) is 68.8 Å². The predicted molar refractivity (Wildman–Crippen MR) is 323 cm³/mol. The van der Waals surface area contributed by atoms with Crippen molar-refractivity contribution in [1.82, 2.24) is 33.2 Å². The SMILES string of the molecule is N#Cc1cccc(-c2cc(-c3cccc(C#N)c3-n3c4ccccc4c4cc5c6ccccc6n(-c6ccccc6)c5cc43)nc(-c3cccnc3)n2)c1-n1c2ccccc2c2cc3c4ccccc4n(-c4ccccc4)c3cc21. The third-order valence-corrected chi connectivity index (χ3v) is 15.9. The summed E-state index contributed by atoms with van der Waals surface area (Å²) in [5.41, 5.74) is 15.9. The molecule has 0 bridgehead atoms. The first-order valence-electron chi connectivity index (χ1n) is 26.5. The Balaban J connectivity index is 0.981. The Morgan fingerprint density at radius 3 is 1.10 bits per heavy atom. The molecular formula is C71H41N9. The largest absolute Gasteiger partial charge is 0.309 e. The molecule has 0 aliphatic heterocycles. The Morgan fingerprint density at radius 1 is 0.312 bits per heavy atom. The minimum atomic E-state index is 0.444. The van der Waals surface area contributed by atoms with Crippen LogP contribution in [-0.2, 0) is 0 Å². The van der Waals surface area contributed by atoms with Crippen LogP contribution in [-0.4, -0.2) is 33.2 Å². The maximum Gasteiger partial charge on any atom is 0.161 e. The molecule has 6 heterocycles. The van der Waals surface area contributed by atoms with Crippen molar-refractivity contribution >= 4 is 87.2 Å². The van der Waals surface area contributed by atoms with E-state index in [2.05, 4.69) is 205 Å². The fraction of sp³-hybridized carbons (Fsp3) is 0. The van der Waals surface area contributed by atoms with E-state index in [0.717, 1.165) is 110 Å². The molecule has 0 amide bonds. The van der Waals surface area contributed by atoms with Crippen LogP contribution in [0.3, 0.4) is 0 Å². The highest BCUT2D eigenvalue weighted by atomic mass is 15.0. The quantitative estimate of drug-likeness (QED) is 0.158. The molecule has 0 N–H and O–H groups in total. The first kappa shape index (κ1) is 44.9. The van der Waals surface area contributed by atoms with Crippen LogP contribution in [0.5, 0.6) is 0 Å². The molecular weight excluding hydrogens is 979 g/mol. The number of aromatic nitrogens is 7. The topological polar surface area (TPSA) is 106 Å². The van der Waals surface area contributed by atoms with E-state index in [4.69, 9.17) is 9.97 Å². The highest BCUT2D eigenvalue weighted by molar-refractivity contribution is 6.21. The molecule has 370 valence electrons. The van der Waals surface area contributed by atoms with Crippen molar-refractivity contribution in [1.29, 1.82) is 10.5 Å². The van der Waals surface area contributed by atoms with Gasteiger partial charge < -0.3 is 18.3 Å². The summed E-state index contributed by atoms with van der Waals surface area (Å²) in [7, 11) is 0. The van der Waals surface area contributed by atoms with Crippen molar-refractivity contribution in [2.75, 3.05) is 0 Å². The average molecular weight is 1020 g/mol. The average Bonchev–Trinajstić information content (AvgIpc) is 4.33. The van der Waals surface area contributed by atoms with E-state index < -0.39 is 0 Å². The molecule has 10 aromatic carbocycles. The smallest absolute Gasteiger partial charge is 0.161 e. The highest BCUT2D eigenvalue weighted by Gasteiger charge is 2.26. The second-order valence-electron chi connectivity index (χ2n) is 20.2. The number of hydrogen-bond donors (Lipinski definition) is 0. The molecule has 6 aromatic heterocycles. The van der Waals surface area contributed by atoms with Gasteiger partial charge in [-0.15, -0.1) is 0 Å². The van der Waals surface area contributed by atoms with E-state index in [9.17, 15) is 10.5 Å². The van der Waals surface area contributed by atoms with E-state index in [1.165, 1.54) is 0 Å². The van der Waals surface area contributed by atoms with Crippen LogP contribution in [0.15, 0.2) is 249 Å². The minimum Gasteiger partial charge on any atom is -0.309 e. The summed E-state index contributed by atoms with van der Waals surface area (Å²) in [5, 5.41) is 31.4. The van der Waals surface area contributed by atoms with Gasteiger partial charge in [0.15, 0.2) is 5.82 Å². The summed E-state index contributed by atoms with van der Waals surface area (Å²) in [4.78, 5) is 15.4. The maximum absolute atomic E-state index is 11.3. The molecule has 0 atom stereocenters. The van der Waals surface area contributed by atoms with Crippen LogP contribution in [0.25, 0.3) is 144 Å². The first-order valence-corrected chi connectivity index (χ1v) is 26.5. The molecule has 0 saturated carbocycles. The molecule has 0 aliphatic rings. The molecule has 16 aromatic rings. The van der Waals surface area contributed by atoms with E-state index in [-0.39, 0.29) is 0 Å². The molecule has 9 nitrogen and oxygen atoms in total. The number of pyridine rings is 1. The fourth-order valence-electron chi connectivity index (χ4n) is 12.6. The summed E-state index contributed by atoms with van der Waals surface area (Å²) in [5.74, 6) is 0.444. The summed E-state index contributed by atoms with van der Waals surface area (Å²) in [6, 6.07) is 86.9. The lowest BCUT2D eigenvalue weighted by Gasteiger charge is -2.18. The van der Waals surface area contributed by atoms with Crippen molar-refractivity contribution in [3.63, 3.8) is 0 Å². The molecule has 80 heavy (non-hydrogen) atoms. The minimum absolute atomic E-state index is 0.444. The van der Waals surface area contributed by atoms with Gasteiger partial charge in [-0.1, -0.05) is 133 Å². The Kier molecular flexibility index (Phi) is 9.86. The standard InChI is InChI=1S/C71H41N9/c72-41-44-18-15-29-53(69(44)79-63-33-13-9-27-51(63)57-36-55-49-25-7-11-31-61(49)77(65(55)39-67(57)79)47-21-3-1-4-22-47)59-38-60(76-71(75-59)46-20-17-35-74-43-46)54-30-16-19-45(42-73)70(54)80-64-34-14-10-28-52(64)58-37-56-50-26-8-12-32-62(50)78(66(56)40-68(58)80)48-23-5-2-6-24-48/h1-40,43H. The van der Waals surface area contributed by atoms with Crippen LogP contribution in [0.4, 0.5) is 0 Å². The molecule has 0 radical (unpaired) electrons. The van der Waals surface area contributed by atoms with Crippen molar-refractivity contribution in [2.24, 2.45) is 0 Å². The van der Waals surface area contributed by atoms with Gasteiger partial charge in [0.2, 0.25) is 0 Å². The lowest BCUT2D eigenvalue weighted by molar-refractivity contribution is 1.13. The number of nitriles is 2. The van der Waals surface area contributed by atoms with Gasteiger partial charge in [-0.3, -0.25) is 4.98 Å². The number of benzene rings is 10. The Bertz CT molecular complexity index is 5010. The van der Waals surface area contributed by atoms with Gasteiger partial charge in [0.25, 0.3) is 0 Å². The maximum atomic E-state index is 11.3. The summed E-state index contributed by atoms with van der Waals surface area (Å²) in [6.45, 7) is 0. The second-order valence-corrected chi connectivity index (χ2v) is 20.2. The monoisotopic (exact) mass is 1020 g/mol. The van der Waals surface area contributed by atoms with Crippen LogP contribution in [0, 0.1) is 22.7 Å². The number of fused-ring (bicyclic) bond motifs is 12. The second kappa shape index (κ2) is 17.6. The van der Waals surface area contributed by atoms with E-state index in [1.54, 1.807) is 12.4 Å². The van der Waals surface area contributed by atoms with Gasteiger partial charge in [0.05, 0.1) is 78.0 Å². The zero-order valence-electron chi connectivity index (χ0n) is 42.7. The van der Waals surface area contributed by atoms with Gasteiger partial charge in [-0.2, -0.15) is 10.5 Å². The van der Waals surface area contributed by atoms with Crippen LogP contribution in [0.1, 0.15) is 11.1 Å². The molecule has 0 aliphatic carbocycles. The summed E-state index contributed by atoms with van der Waals surface area (Å²) in [6.07, 6.45) is 3.51. The van der Waals surface area contributed by atoms with Crippen LogP contribution in [0.2, 0.25) is 0 Å². The van der Waals surface area contributed by atoms with Crippen molar-refractivity contribution in [3.05, 3.63) is 260 Å². The normalized spacial score (nSPS) is 11.7. The van der Waals surface area contributed by atoms with Crippen LogP contribution >= 0.6 is 0 Å². The lowest BCUT2D eigenvalue weighted by atomic mass is 9.99. The molecule has 0 spiro atoms. The third kappa shape index (κ3) is 6.59. The molecule has 0 saturated heterocycles.